The van der Waals surface area contributed by atoms with E-state index in [-0.39, 0.29) is 24.4 Å². The number of carbonyl (C=O) groups is 1. The summed E-state index contributed by atoms with van der Waals surface area (Å²) in [6.45, 7) is -0.198. The van der Waals surface area contributed by atoms with Crippen LogP contribution in [0.25, 0.3) is 6.08 Å². The first-order valence-corrected chi connectivity index (χ1v) is 4.47. The Balaban J connectivity index is 2.91. The molecule has 3 N–H and O–H groups in total. The predicted molar refractivity (Wildman–Crippen MR) is 55.4 cm³/mol. The molecule has 1 aromatic carbocycles. The van der Waals surface area contributed by atoms with Gasteiger partial charge in [-0.3, -0.25) is 0 Å². The van der Waals surface area contributed by atoms with Crippen LogP contribution >= 0.6 is 0 Å². The average molecular weight is 208 g/mol. The molecule has 4 nitrogen and oxygen atoms in total. The molecule has 0 atom stereocenters. The number of benzene rings is 1. The Labute approximate surface area is 87.1 Å². The molecule has 0 aliphatic carbocycles. The largest absolute Gasteiger partial charge is 0.508 e. The number of aromatic hydroxyl groups is 1. The molecule has 15 heavy (non-hydrogen) atoms. The first-order chi connectivity index (χ1) is 7.13. The minimum atomic E-state index is -1.04. The summed E-state index contributed by atoms with van der Waals surface area (Å²) in [6.07, 6.45) is 1.58. The van der Waals surface area contributed by atoms with E-state index < -0.39 is 5.97 Å². The second-order valence-corrected chi connectivity index (χ2v) is 3.04. The predicted octanol–water partition coefficient (Wildman–Crippen LogP) is 1.24. The van der Waals surface area contributed by atoms with E-state index in [1.54, 1.807) is 12.1 Å². The third kappa shape index (κ3) is 3.44. The van der Waals surface area contributed by atoms with E-state index in [4.69, 9.17) is 15.3 Å². The van der Waals surface area contributed by atoms with Gasteiger partial charge in [-0.25, -0.2) is 4.79 Å². The highest BCUT2D eigenvalue weighted by atomic mass is 16.4. The van der Waals surface area contributed by atoms with Gasteiger partial charge in [0.2, 0.25) is 0 Å². The highest BCUT2D eigenvalue weighted by Gasteiger charge is 2.05. The molecule has 0 spiro atoms. The van der Waals surface area contributed by atoms with Gasteiger partial charge in [-0.05, 0) is 23.8 Å². The quantitative estimate of drug-likeness (QED) is 0.650. The van der Waals surface area contributed by atoms with Crippen LogP contribution in [0.5, 0.6) is 5.75 Å². The van der Waals surface area contributed by atoms with Crippen LogP contribution in [0.1, 0.15) is 12.0 Å². The van der Waals surface area contributed by atoms with Crippen LogP contribution in [0.4, 0.5) is 0 Å². The fourth-order valence-corrected chi connectivity index (χ4v) is 1.13. The Morgan fingerprint density at radius 2 is 1.87 bits per heavy atom. The van der Waals surface area contributed by atoms with Crippen LogP contribution in [0.2, 0.25) is 0 Å². The van der Waals surface area contributed by atoms with E-state index >= 15 is 0 Å². The van der Waals surface area contributed by atoms with Gasteiger partial charge in [0.1, 0.15) is 5.75 Å². The molecule has 0 aromatic heterocycles. The molecule has 0 fully saturated rings. The molecule has 0 bridgehead atoms. The summed E-state index contributed by atoms with van der Waals surface area (Å²) in [7, 11) is 0. The first kappa shape index (κ1) is 11.3. The van der Waals surface area contributed by atoms with Gasteiger partial charge in [-0.1, -0.05) is 12.1 Å². The number of phenolic OH excluding ortho intramolecular Hbond substituents is 1. The Bertz CT molecular complexity index is 365. The van der Waals surface area contributed by atoms with Gasteiger partial charge in [0, 0.05) is 18.6 Å². The second kappa shape index (κ2) is 5.17. The molecule has 1 rings (SSSR count). The fraction of sp³-hybridized carbons (Fsp3) is 0.182. The number of carboxylic acid groups (broad SMARTS) is 1. The van der Waals surface area contributed by atoms with Crippen LogP contribution in [0.15, 0.2) is 29.8 Å². The zero-order valence-electron chi connectivity index (χ0n) is 8.05. The number of rotatable bonds is 4. The van der Waals surface area contributed by atoms with Crippen molar-refractivity contribution >= 4 is 12.0 Å². The van der Waals surface area contributed by atoms with E-state index in [0.29, 0.717) is 5.56 Å². The van der Waals surface area contributed by atoms with E-state index in [9.17, 15) is 4.79 Å². The van der Waals surface area contributed by atoms with Crippen molar-refractivity contribution in [3.05, 3.63) is 35.4 Å². The molecule has 4 heteroatoms. The Morgan fingerprint density at radius 1 is 1.27 bits per heavy atom. The average Bonchev–Trinajstić information content (AvgIpc) is 2.20. The van der Waals surface area contributed by atoms with Gasteiger partial charge >= 0.3 is 5.97 Å². The van der Waals surface area contributed by atoms with E-state index in [2.05, 4.69) is 0 Å². The van der Waals surface area contributed by atoms with Crippen molar-refractivity contribution in [1.82, 2.24) is 0 Å². The minimum Gasteiger partial charge on any atom is -0.508 e. The number of aliphatic hydroxyl groups excluding tert-OH is 1. The summed E-state index contributed by atoms with van der Waals surface area (Å²) in [5, 5.41) is 26.5. The lowest BCUT2D eigenvalue weighted by molar-refractivity contribution is -0.132. The molecule has 0 unspecified atom stereocenters. The van der Waals surface area contributed by atoms with Crippen molar-refractivity contribution in [1.29, 1.82) is 0 Å². The molecular weight excluding hydrogens is 196 g/mol. The number of carboxylic acids is 1. The standard InChI is InChI=1S/C11H12O4/c12-6-5-9(11(14)15)7-8-1-3-10(13)4-2-8/h1-4,7,12-13H,5-6H2,(H,14,15). The maximum Gasteiger partial charge on any atom is 0.331 e. The molecule has 0 aliphatic heterocycles. The van der Waals surface area contributed by atoms with Crippen LogP contribution in [-0.4, -0.2) is 27.9 Å². The summed E-state index contributed by atoms with van der Waals surface area (Å²) in [4.78, 5) is 10.7. The normalized spacial score (nSPS) is 11.4. The zero-order chi connectivity index (χ0) is 11.3. The molecule has 80 valence electrons. The summed E-state index contributed by atoms with van der Waals surface area (Å²) in [5.41, 5.74) is 0.821. The summed E-state index contributed by atoms with van der Waals surface area (Å²) in [6, 6.07) is 6.17. The number of aliphatic hydroxyl groups is 1. The fourth-order valence-electron chi connectivity index (χ4n) is 1.13. The van der Waals surface area contributed by atoms with Gasteiger partial charge in [-0.2, -0.15) is 0 Å². The monoisotopic (exact) mass is 208 g/mol. The van der Waals surface area contributed by atoms with Gasteiger partial charge in [0.15, 0.2) is 0 Å². The van der Waals surface area contributed by atoms with Crippen molar-refractivity contribution in [3.8, 4) is 5.75 Å². The van der Waals surface area contributed by atoms with Gasteiger partial charge in [0.05, 0.1) is 0 Å². The molecular formula is C11H12O4. The van der Waals surface area contributed by atoms with Crippen LogP contribution in [0.3, 0.4) is 0 Å². The second-order valence-electron chi connectivity index (χ2n) is 3.04. The van der Waals surface area contributed by atoms with Crippen molar-refractivity contribution in [2.75, 3.05) is 6.61 Å². The summed E-state index contributed by atoms with van der Waals surface area (Å²) in [5.74, 6) is -0.914. The maximum absolute atomic E-state index is 10.7. The lowest BCUT2D eigenvalue weighted by Crippen LogP contribution is -2.02. The summed E-state index contributed by atoms with van der Waals surface area (Å²) < 4.78 is 0. The molecule has 1 aromatic rings. The van der Waals surface area contributed by atoms with Crippen molar-refractivity contribution < 1.29 is 20.1 Å². The van der Waals surface area contributed by atoms with Crippen molar-refractivity contribution in [2.45, 2.75) is 6.42 Å². The maximum atomic E-state index is 10.7. The Hall–Kier alpha value is -1.81. The number of aliphatic carboxylic acids is 1. The highest BCUT2D eigenvalue weighted by molar-refractivity contribution is 5.92. The smallest absolute Gasteiger partial charge is 0.331 e. The van der Waals surface area contributed by atoms with E-state index in [1.807, 2.05) is 0 Å². The Kier molecular flexibility index (Phi) is 3.88. The molecule has 0 radical (unpaired) electrons. The molecule has 0 heterocycles. The third-order valence-corrected chi connectivity index (χ3v) is 1.89. The molecule has 0 amide bonds. The minimum absolute atomic E-state index is 0.107. The van der Waals surface area contributed by atoms with Gasteiger partial charge < -0.3 is 15.3 Å². The summed E-state index contributed by atoms with van der Waals surface area (Å²) >= 11 is 0. The van der Waals surface area contributed by atoms with Crippen molar-refractivity contribution in [3.63, 3.8) is 0 Å². The molecule has 0 saturated carbocycles. The molecule has 0 saturated heterocycles. The van der Waals surface area contributed by atoms with Crippen LogP contribution in [0, 0.1) is 0 Å². The van der Waals surface area contributed by atoms with E-state index in [1.165, 1.54) is 18.2 Å². The SMILES string of the molecule is O=C(O)C(=Cc1ccc(O)cc1)CCO. The number of phenols is 1. The zero-order valence-corrected chi connectivity index (χ0v) is 8.05. The van der Waals surface area contributed by atoms with Crippen molar-refractivity contribution in [2.24, 2.45) is 0 Å². The third-order valence-electron chi connectivity index (χ3n) is 1.89. The lowest BCUT2D eigenvalue weighted by Gasteiger charge is -2.00. The lowest BCUT2D eigenvalue weighted by atomic mass is 10.1. The van der Waals surface area contributed by atoms with Gasteiger partial charge in [0.25, 0.3) is 0 Å². The van der Waals surface area contributed by atoms with Crippen LogP contribution in [-0.2, 0) is 4.79 Å². The van der Waals surface area contributed by atoms with E-state index in [0.717, 1.165) is 0 Å². The highest BCUT2D eigenvalue weighted by Crippen LogP contribution is 2.14. The topological polar surface area (TPSA) is 77.8 Å². The first-order valence-electron chi connectivity index (χ1n) is 4.47. The Morgan fingerprint density at radius 3 is 2.33 bits per heavy atom. The number of hydrogen-bond donors (Lipinski definition) is 3. The molecule has 0 aliphatic rings. The number of hydrogen-bond acceptors (Lipinski definition) is 3. The van der Waals surface area contributed by atoms with Gasteiger partial charge in [-0.15, -0.1) is 0 Å². The van der Waals surface area contributed by atoms with Crippen LogP contribution < -0.4 is 0 Å².